The van der Waals surface area contributed by atoms with Crippen molar-refractivity contribution in [2.75, 3.05) is 54.0 Å². The summed E-state index contributed by atoms with van der Waals surface area (Å²) < 4.78 is 2.13. The number of rotatable bonds is 11. The molecule has 4 aromatic rings. The fourth-order valence-electron chi connectivity index (χ4n) is 3.28. The van der Waals surface area contributed by atoms with Crippen LogP contribution in [0.1, 0.15) is 20.3 Å². The fraction of sp³-hybridized carbons (Fsp3) is 0.333. The number of anilines is 2. The summed E-state index contributed by atoms with van der Waals surface area (Å²) in [5.74, 6) is 0. The van der Waals surface area contributed by atoms with Gasteiger partial charge in [0.15, 0.2) is 12.4 Å². The van der Waals surface area contributed by atoms with Gasteiger partial charge in [-0.05, 0) is 73.2 Å². The number of benzene rings is 2. The van der Waals surface area contributed by atoms with Gasteiger partial charge in [-0.3, -0.25) is 4.98 Å². The first kappa shape index (κ1) is 42.5. The Balaban J connectivity index is 0.000000730. The van der Waals surface area contributed by atoms with Crippen molar-refractivity contribution >= 4 is 81.9 Å². The molecule has 45 heavy (non-hydrogen) atoms. The van der Waals surface area contributed by atoms with Gasteiger partial charge >= 0.3 is 0 Å². The molecule has 4 rings (SSSR count). The smallest absolute Gasteiger partial charge is 0.196 e. The van der Waals surface area contributed by atoms with Crippen molar-refractivity contribution in [2.24, 2.45) is 20.5 Å². The van der Waals surface area contributed by atoms with Crippen molar-refractivity contribution in [1.82, 2.24) is 4.98 Å². The second kappa shape index (κ2) is 25.6. The van der Waals surface area contributed by atoms with Crippen molar-refractivity contribution in [3.05, 3.63) is 97.6 Å². The summed E-state index contributed by atoms with van der Waals surface area (Å²) in [5, 5.41) is 20.0. The maximum atomic E-state index is 4.30. The van der Waals surface area contributed by atoms with Gasteiger partial charge in [0.25, 0.3) is 0 Å². The minimum atomic E-state index is 0. The van der Waals surface area contributed by atoms with Gasteiger partial charge in [0.1, 0.15) is 17.9 Å². The number of alkyl halides is 3. The Morgan fingerprint density at radius 1 is 0.622 bits per heavy atom. The van der Waals surface area contributed by atoms with E-state index in [1.165, 1.54) is 6.42 Å². The SMILES string of the molecule is BrCCCBr.C.CN(C)c1ccc(N=Nc2ccc[n+](CCCBr)c2)cc1.CN(C)c1ccc(N=Nc2cccnc2)cc1.[Br-]. The number of hydrogen-bond donors (Lipinski definition) is 0. The molecule has 0 fully saturated rings. The first-order valence-corrected chi connectivity index (χ1v) is 17.2. The van der Waals surface area contributed by atoms with E-state index in [1.54, 1.807) is 12.4 Å². The van der Waals surface area contributed by atoms with Gasteiger partial charge in [0.05, 0.1) is 17.6 Å². The highest BCUT2D eigenvalue weighted by atomic mass is 79.9. The third-order valence-corrected chi connectivity index (χ3v) is 7.28. The van der Waals surface area contributed by atoms with Gasteiger partial charge < -0.3 is 26.8 Å². The van der Waals surface area contributed by atoms with E-state index in [0.717, 1.165) is 63.1 Å². The number of aryl methyl sites for hydroxylation is 1. The molecule has 0 radical (unpaired) electrons. The molecule has 0 aliphatic carbocycles. The maximum Gasteiger partial charge on any atom is 0.196 e. The molecular weight excluding hydrogens is 828 g/mol. The van der Waals surface area contributed by atoms with Crippen molar-refractivity contribution in [3.8, 4) is 0 Å². The van der Waals surface area contributed by atoms with E-state index in [2.05, 4.69) is 82.7 Å². The molecule has 0 aliphatic heterocycles. The Morgan fingerprint density at radius 2 is 1.09 bits per heavy atom. The Hall–Kier alpha value is -2.54. The number of halogens is 4. The van der Waals surface area contributed by atoms with Crippen LogP contribution in [-0.4, -0.2) is 49.2 Å². The Labute approximate surface area is 305 Å². The van der Waals surface area contributed by atoms with Gasteiger partial charge in [-0.2, -0.15) is 10.2 Å². The monoisotopic (exact) mass is 868 g/mol. The van der Waals surface area contributed by atoms with Crippen LogP contribution in [0.4, 0.5) is 34.1 Å². The van der Waals surface area contributed by atoms with E-state index in [4.69, 9.17) is 0 Å². The fourth-order valence-corrected chi connectivity index (χ4v) is 4.84. The van der Waals surface area contributed by atoms with Crippen LogP contribution in [0.5, 0.6) is 0 Å². The van der Waals surface area contributed by atoms with Crippen LogP contribution < -0.4 is 31.3 Å². The average molecular weight is 872 g/mol. The van der Waals surface area contributed by atoms with Crippen LogP contribution in [-0.2, 0) is 6.54 Å². The quantitative estimate of drug-likeness (QED) is 0.0886. The van der Waals surface area contributed by atoms with E-state index < -0.39 is 0 Å². The highest BCUT2D eigenvalue weighted by Crippen LogP contribution is 2.21. The summed E-state index contributed by atoms with van der Waals surface area (Å²) in [4.78, 5) is 8.08. The van der Waals surface area contributed by atoms with Gasteiger partial charge in [0.2, 0.25) is 0 Å². The zero-order valence-electron chi connectivity index (χ0n) is 25.6. The zero-order valence-corrected chi connectivity index (χ0v) is 31.9. The molecule has 12 heteroatoms. The van der Waals surface area contributed by atoms with Crippen LogP contribution in [0.3, 0.4) is 0 Å². The molecule has 0 amide bonds. The molecule has 8 nitrogen and oxygen atoms in total. The molecule has 2 heterocycles. The van der Waals surface area contributed by atoms with E-state index in [0.29, 0.717) is 0 Å². The molecule has 2 aromatic heterocycles. The standard InChI is InChI=1S/C16H20BrN4.C13H14N4.C3H6Br2.CH4.BrH/c1-20(2)16-8-6-14(7-9-16)18-19-15-5-3-11-21(13-15)12-4-10-17;1-17(2)13-7-5-11(6-8-13)15-16-12-4-3-9-14-10-12;4-2-1-3-5;;/h3,5-9,11,13H,4,10,12H2,1-2H3;3-10H,1-2H3;1-3H2;1H4;1H/q+1;;;;/p-1. The first-order chi connectivity index (χ1) is 20.9. The summed E-state index contributed by atoms with van der Waals surface area (Å²) in [6, 6.07) is 23.6. The molecular formula is C33H44Br4N8. The second-order valence-electron chi connectivity index (χ2n) is 9.51. The van der Waals surface area contributed by atoms with E-state index in [1.807, 2.05) is 118 Å². The maximum absolute atomic E-state index is 4.30. The lowest BCUT2D eigenvalue weighted by molar-refractivity contribution is -0.696. The van der Waals surface area contributed by atoms with E-state index >= 15 is 0 Å². The third-order valence-electron chi connectivity index (χ3n) is 5.60. The van der Waals surface area contributed by atoms with Crippen molar-refractivity contribution in [3.63, 3.8) is 0 Å². The molecule has 244 valence electrons. The summed E-state index contributed by atoms with van der Waals surface area (Å²) >= 11 is 10.0. The average Bonchev–Trinajstić information content (AvgIpc) is 3.04. The lowest BCUT2D eigenvalue weighted by Gasteiger charge is -2.11. The summed E-state index contributed by atoms with van der Waals surface area (Å²) in [6.07, 6.45) is 9.77. The number of aromatic nitrogens is 2. The van der Waals surface area contributed by atoms with Crippen molar-refractivity contribution < 1.29 is 21.5 Å². The highest BCUT2D eigenvalue weighted by Gasteiger charge is 2.02. The molecule has 0 atom stereocenters. The number of hydrogen-bond acceptors (Lipinski definition) is 7. The highest BCUT2D eigenvalue weighted by molar-refractivity contribution is 9.09. The Bertz CT molecular complexity index is 1350. The second-order valence-corrected chi connectivity index (χ2v) is 11.9. The van der Waals surface area contributed by atoms with Crippen LogP contribution in [0, 0.1) is 0 Å². The molecule has 0 saturated heterocycles. The molecule has 0 saturated carbocycles. The van der Waals surface area contributed by atoms with Crippen molar-refractivity contribution in [2.45, 2.75) is 26.8 Å². The normalized spacial score (nSPS) is 10.1. The molecule has 0 aliphatic rings. The predicted molar refractivity (Wildman–Crippen MR) is 198 cm³/mol. The number of azo groups is 2. The minimum absolute atomic E-state index is 0. The largest absolute Gasteiger partial charge is 1.00 e. The van der Waals surface area contributed by atoms with E-state index in [9.17, 15) is 0 Å². The van der Waals surface area contributed by atoms with Crippen LogP contribution in [0.2, 0.25) is 0 Å². The number of pyridine rings is 2. The molecule has 0 N–H and O–H groups in total. The predicted octanol–water partition coefficient (Wildman–Crippen LogP) is 7.61. The van der Waals surface area contributed by atoms with Gasteiger partial charge in [-0.1, -0.05) is 55.2 Å². The summed E-state index contributed by atoms with van der Waals surface area (Å²) in [7, 11) is 8.05. The van der Waals surface area contributed by atoms with Crippen LogP contribution in [0.25, 0.3) is 0 Å². The number of nitrogens with zero attached hydrogens (tertiary/aromatic N) is 8. The lowest BCUT2D eigenvalue weighted by atomic mass is 10.3. The topological polar surface area (TPSA) is 72.7 Å². The molecule has 0 unspecified atom stereocenters. The van der Waals surface area contributed by atoms with Crippen LogP contribution in [0.15, 0.2) is 118 Å². The lowest BCUT2D eigenvalue weighted by Crippen LogP contribution is -3.00. The third kappa shape index (κ3) is 18.3. The van der Waals surface area contributed by atoms with Gasteiger partial charge in [-0.25, -0.2) is 4.57 Å². The zero-order chi connectivity index (χ0) is 31.3. The van der Waals surface area contributed by atoms with Crippen LogP contribution >= 0.6 is 47.8 Å². The summed E-state index contributed by atoms with van der Waals surface area (Å²) in [6.45, 7) is 0.978. The Kier molecular flexibility index (Phi) is 24.2. The van der Waals surface area contributed by atoms with Crippen molar-refractivity contribution in [1.29, 1.82) is 0 Å². The van der Waals surface area contributed by atoms with Gasteiger partial charge in [0, 0.05) is 74.2 Å². The summed E-state index contributed by atoms with van der Waals surface area (Å²) in [5.41, 5.74) is 5.61. The van der Waals surface area contributed by atoms with E-state index in [-0.39, 0.29) is 24.4 Å². The molecule has 0 spiro atoms. The Morgan fingerprint density at radius 3 is 1.51 bits per heavy atom. The minimum Gasteiger partial charge on any atom is -1.00 e. The molecule has 0 bridgehead atoms. The first-order valence-electron chi connectivity index (χ1n) is 13.8. The van der Waals surface area contributed by atoms with Gasteiger partial charge in [-0.15, -0.1) is 10.2 Å². The molecule has 2 aromatic carbocycles.